The van der Waals surface area contributed by atoms with E-state index in [2.05, 4.69) is 5.32 Å². The van der Waals surface area contributed by atoms with Crippen LogP contribution in [-0.2, 0) is 16.0 Å². The van der Waals surface area contributed by atoms with Crippen molar-refractivity contribution in [3.05, 3.63) is 29.8 Å². The number of ether oxygens (including phenoxy) is 1. The van der Waals surface area contributed by atoms with E-state index in [9.17, 15) is 9.59 Å². The topological polar surface area (TPSA) is 75.6 Å². The maximum absolute atomic E-state index is 11.9. The molecule has 0 aliphatic rings. The fourth-order valence-corrected chi connectivity index (χ4v) is 2.11. The summed E-state index contributed by atoms with van der Waals surface area (Å²) in [6.07, 6.45) is 3.03. The number of aryl methyl sites for hydroxylation is 1. The average molecular weight is 307 g/mol. The molecule has 22 heavy (non-hydrogen) atoms. The van der Waals surface area contributed by atoms with Crippen molar-refractivity contribution < 1.29 is 19.4 Å². The molecule has 0 aliphatic heterocycles. The largest absolute Gasteiger partial charge is 0.494 e. The van der Waals surface area contributed by atoms with E-state index >= 15 is 0 Å². The van der Waals surface area contributed by atoms with Crippen LogP contribution in [0, 0.1) is 0 Å². The molecular formula is C17H25NO4. The van der Waals surface area contributed by atoms with E-state index in [1.54, 1.807) is 0 Å². The van der Waals surface area contributed by atoms with Gasteiger partial charge in [0.2, 0.25) is 5.91 Å². The molecular weight excluding hydrogens is 282 g/mol. The van der Waals surface area contributed by atoms with Crippen molar-refractivity contribution in [2.24, 2.45) is 0 Å². The second-order valence-corrected chi connectivity index (χ2v) is 5.18. The molecule has 1 unspecified atom stereocenters. The molecule has 0 fully saturated rings. The van der Waals surface area contributed by atoms with Crippen molar-refractivity contribution in [1.29, 1.82) is 0 Å². The third-order valence-electron chi connectivity index (χ3n) is 3.35. The molecule has 0 heterocycles. The first kappa shape index (κ1) is 18.0. The lowest BCUT2D eigenvalue weighted by atomic mass is 10.1. The average Bonchev–Trinajstić information content (AvgIpc) is 2.50. The van der Waals surface area contributed by atoms with E-state index < -0.39 is 12.0 Å². The van der Waals surface area contributed by atoms with Crippen LogP contribution in [-0.4, -0.2) is 29.6 Å². The monoisotopic (exact) mass is 307 g/mol. The van der Waals surface area contributed by atoms with E-state index in [1.807, 2.05) is 38.1 Å². The standard InChI is InChI=1S/C17H25NO4/c1-3-5-6-15(17(20)21)18-16(19)12-9-13-7-10-14(11-8-13)22-4-2/h7-8,10-11,15H,3-6,9,12H2,1-2H3,(H,18,19)(H,20,21). The van der Waals surface area contributed by atoms with E-state index in [0.717, 1.165) is 24.2 Å². The number of unbranched alkanes of at least 4 members (excludes halogenated alkanes) is 1. The van der Waals surface area contributed by atoms with Crippen molar-refractivity contribution in [1.82, 2.24) is 5.32 Å². The maximum Gasteiger partial charge on any atom is 0.326 e. The fraction of sp³-hybridized carbons (Fsp3) is 0.529. The summed E-state index contributed by atoms with van der Waals surface area (Å²) in [6, 6.07) is 6.80. The molecule has 5 heteroatoms. The molecule has 0 aliphatic carbocycles. The Morgan fingerprint density at radius 2 is 1.91 bits per heavy atom. The Morgan fingerprint density at radius 1 is 1.23 bits per heavy atom. The number of benzene rings is 1. The molecule has 122 valence electrons. The number of hydrogen-bond acceptors (Lipinski definition) is 3. The van der Waals surface area contributed by atoms with Crippen molar-refractivity contribution in [2.75, 3.05) is 6.61 Å². The maximum atomic E-state index is 11.9. The molecule has 0 saturated carbocycles. The number of carboxylic acid groups (broad SMARTS) is 1. The Kier molecular flexibility index (Phi) is 8.04. The molecule has 1 amide bonds. The second-order valence-electron chi connectivity index (χ2n) is 5.18. The number of aliphatic carboxylic acids is 1. The van der Waals surface area contributed by atoms with Crippen molar-refractivity contribution in [3.8, 4) is 5.75 Å². The molecule has 1 atom stereocenters. The lowest BCUT2D eigenvalue weighted by Crippen LogP contribution is -2.40. The first-order valence-corrected chi connectivity index (χ1v) is 7.80. The second kappa shape index (κ2) is 9.82. The minimum absolute atomic E-state index is 0.225. The van der Waals surface area contributed by atoms with Gasteiger partial charge in [-0.3, -0.25) is 4.79 Å². The number of hydrogen-bond donors (Lipinski definition) is 2. The van der Waals surface area contributed by atoms with Gasteiger partial charge in [-0.05, 0) is 37.5 Å². The van der Waals surface area contributed by atoms with Gasteiger partial charge in [0.25, 0.3) is 0 Å². The Morgan fingerprint density at radius 3 is 2.45 bits per heavy atom. The Labute approximate surface area is 131 Å². The zero-order chi connectivity index (χ0) is 16.4. The predicted molar refractivity (Wildman–Crippen MR) is 85.0 cm³/mol. The third-order valence-corrected chi connectivity index (χ3v) is 3.35. The van der Waals surface area contributed by atoms with Crippen LogP contribution in [0.25, 0.3) is 0 Å². The summed E-state index contributed by atoms with van der Waals surface area (Å²) in [6.45, 7) is 4.54. The summed E-state index contributed by atoms with van der Waals surface area (Å²) < 4.78 is 5.36. The van der Waals surface area contributed by atoms with Gasteiger partial charge >= 0.3 is 5.97 Å². The molecule has 5 nitrogen and oxygen atoms in total. The van der Waals surface area contributed by atoms with Crippen LogP contribution in [0.3, 0.4) is 0 Å². The van der Waals surface area contributed by atoms with Crippen LogP contribution in [0.1, 0.15) is 45.1 Å². The van der Waals surface area contributed by atoms with Gasteiger partial charge in [-0.1, -0.05) is 31.9 Å². The van der Waals surface area contributed by atoms with Crippen LogP contribution < -0.4 is 10.1 Å². The molecule has 2 N–H and O–H groups in total. The highest BCUT2D eigenvalue weighted by atomic mass is 16.5. The van der Waals surface area contributed by atoms with Gasteiger partial charge in [0.05, 0.1) is 6.61 Å². The van der Waals surface area contributed by atoms with Gasteiger partial charge in [-0.25, -0.2) is 4.79 Å². The SMILES string of the molecule is CCCCC(NC(=O)CCc1ccc(OCC)cc1)C(=O)O. The van der Waals surface area contributed by atoms with Gasteiger partial charge < -0.3 is 15.2 Å². The number of rotatable bonds is 10. The van der Waals surface area contributed by atoms with Crippen LogP contribution in [0.15, 0.2) is 24.3 Å². The highest BCUT2D eigenvalue weighted by molar-refractivity contribution is 5.83. The van der Waals surface area contributed by atoms with Crippen LogP contribution >= 0.6 is 0 Å². The third kappa shape index (κ3) is 6.61. The van der Waals surface area contributed by atoms with Gasteiger partial charge in [0.15, 0.2) is 0 Å². The van der Waals surface area contributed by atoms with Crippen LogP contribution in [0.5, 0.6) is 5.75 Å². The van der Waals surface area contributed by atoms with Crippen LogP contribution in [0.2, 0.25) is 0 Å². The normalized spacial score (nSPS) is 11.7. The molecule has 1 rings (SSSR count). The van der Waals surface area contributed by atoms with Crippen molar-refractivity contribution >= 4 is 11.9 Å². The van der Waals surface area contributed by atoms with E-state index in [0.29, 0.717) is 19.4 Å². The molecule has 0 spiro atoms. The molecule has 0 bridgehead atoms. The summed E-state index contributed by atoms with van der Waals surface area (Å²) >= 11 is 0. The van der Waals surface area contributed by atoms with E-state index in [4.69, 9.17) is 9.84 Å². The van der Waals surface area contributed by atoms with Crippen molar-refractivity contribution in [2.45, 2.75) is 52.0 Å². The quantitative estimate of drug-likeness (QED) is 0.697. The van der Waals surface area contributed by atoms with E-state index in [1.165, 1.54) is 0 Å². The number of nitrogens with one attached hydrogen (secondary N) is 1. The number of carbonyl (C=O) groups is 2. The van der Waals surface area contributed by atoms with Gasteiger partial charge in [0, 0.05) is 6.42 Å². The predicted octanol–water partition coefficient (Wildman–Crippen LogP) is 2.78. The zero-order valence-electron chi connectivity index (χ0n) is 13.3. The lowest BCUT2D eigenvalue weighted by Gasteiger charge is -2.14. The van der Waals surface area contributed by atoms with Gasteiger partial charge in [-0.2, -0.15) is 0 Å². The molecule has 1 aromatic carbocycles. The minimum Gasteiger partial charge on any atom is -0.494 e. The highest BCUT2D eigenvalue weighted by Crippen LogP contribution is 2.13. The van der Waals surface area contributed by atoms with Crippen LogP contribution in [0.4, 0.5) is 0 Å². The highest BCUT2D eigenvalue weighted by Gasteiger charge is 2.18. The summed E-state index contributed by atoms with van der Waals surface area (Å²) in [7, 11) is 0. The molecule has 1 aromatic rings. The van der Waals surface area contributed by atoms with Crippen molar-refractivity contribution in [3.63, 3.8) is 0 Å². The molecule has 0 saturated heterocycles. The zero-order valence-corrected chi connectivity index (χ0v) is 13.3. The van der Waals surface area contributed by atoms with E-state index in [-0.39, 0.29) is 12.3 Å². The van der Waals surface area contributed by atoms with Gasteiger partial charge in [-0.15, -0.1) is 0 Å². The summed E-state index contributed by atoms with van der Waals surface area (Å²) in [5.74, 6) is -0.388. The Balaban J connectivity index is 2.42. The number of carboxylic acids is 1. The van der Waals surface area contributed by atoms with Gasteiger partial charge in [0.1, 0.15) is 11.8 Å². The summed E-state index contributed by atoms with van der Waals surface area (Å²) in [5, 5.41) is 11.7. The minimum atomic E-state index is -0.970. The Hall–Kier alpha value is -2.04. The first-order chi connectivity index (χ1) is 10.6. The number of amides is 1. The lowest BCUT2D eigenvalue weighted by molar-refractivity contribution is -0.142. The summed E-state index contributed by atoms with van der Waals surface area (Å²) in [5.41, 5.74) is 1.03. The molecule has 0 radical (unpaired) electrons. The Bertz CT molecular complexity index is 470. The first-order valence-electron chi connectivity index (χ1n) is 7.80. The smallest absolute Gasteiger partial charge is 0.326 e. The fourth-order valence-electron chi connectivity index (χ4n) is 2.11. The number of carbonyl (C=O) groups excluding carboxylic acids is 1. The molecule has 0 aromatic heterocycles. The summed E-state index contributed by atoms with van der Waals surface area (Å²) in [4.78, 5) is 23.0.